The second-order valence-corrected chi connectivity index (χ2v) is 7.22. The van der Waals surface area contributed by atoms with Crippen molar-refractivity contribution in [3.63, 3.8) is 0 Å². The maximum Gasteiger partial charge on any atom is 0.312 e. The van der Waals surface area contributed by atoms with Crippen molar-refractivity contribution in [2.45, 2.75) is 27.2 Å². The van der Waals surface area contributed by atoms with E-state index in [1.54, 1.807) is 19.9 Å². The Balaban J connectivity index is 4.37. The van der Waals surface area contributed by atoms with E-state index in [1.165, 1.54) is 7.11 Å². The van der Waals surface area contributed by atoms with Crippen LogP contribution in [-0.2, 0) is 19.6 Å². The molecule has 6 heteroatoms. The van der Waals surface area contributed by atoms with Crippen LogP contribution in [0.5, 0.6) is 0 Å². The van der Waals surface area contributed by atoms with Gasteiger partial charge >= 0.3 is 5.97 Å². The molecule has 0 saturated carbocycles. The molecular weight excluding hydrogens is 278 g/mol. The molecule has 0 bridgehead atoms. The Morgan fingerprint density at radius 2 is 2.05 bits per heavy atom. The zero-order valence-electron chi connectivity index (χ0n) is 12.7. The Morgan fingerprint density at radius 3 is 2.55 bits per heavy atom. The molecule has 0 amide bonds. The number of carbonyl (C=O) groups excluding carboxylic acids is 1. The molecule has 0 aliphatic carbocycles. The largest absolute Gasteiger partial charge is 0.469 e. The van der Waals surface area contributed by atoms with Crippen LogP contribution in [0.4, 0.5) is 0 Å². The average molecular weight is 303 g/mol. The number of carbonyl (C=O) groups is 1. The van der Waals surface area contributed by atoms with Crippen LogP contribution in [-0.4, -0.2) is 33.8 Å². The Morgan fingerprint density at radius 1 is 1.45 bits per heavy atom. The van der Waals surface area contributed by atoms with E-state index in [-0.39, 0.29) is 11.7 Å². The van der Waals surface area contributed by atoms with Gasteiger partial charge in [-0.2, -0.15) is 0 Å². The van der Waals surface area contributed by atoms with Crippen LogP contribution in [0, 0.1) is 11.3 Å². The van der Waals surface area contributed by atoms with Crippen LogP contribution in [0.2, 0.25) is 0 Å². The Hall–Kier alpha value is -1.14. The number of ether oxygens (including phenoxy) is 1. The fourth-order valence-corrected chi connectivity index (χ4v) is 3.27. The van der Waals surface area contributed by atoms with Crippen molar-refractivity contribution in [2.24, 2.45) is 11.3 Å². The van der Waals surface area contributed by atoms with Crippen molar-refractivity contribution in [1.29, 1.82) is 0 Å². The molecule has 0 radical (unpaired) electrons. The van der Waals surface area contributed by atoms with Gasteiger partial charge in [0.2, 0.25) is 10.0 Å². The highest BCUT2D eigenvalue weighted by atomic mass is 32.2. The van der Waals surface area contributed by atoms with E-state index in [0.29, 0.717) is 13.0 Å². The van der Waals surface area contributed by atoms with Crippen molar-refractivity contribution in [3.05, 3.63) is 24.8 Å². The van der Waals surface area contributed by atoms with Crippen LogP contribution >= 0.6 is 0 Å². The average Bonchev–Trinajstić information content (AvgIpc) is 2.33. The summed E-state index contributed by atoms with van der Waals surface area (Å²) >= 11 is 0. The Bertz CT molecular complexity index is 452. The molecule has 20 heavy (non-hydrogen) atoms. The molecule has 0 aromatic heterocycles. The molecule has 0 aliphatic rings. The van der Waals surface area contributed by atoms with Crippen molar-refractivity contribution < 1.29 is 17.9 Å². The third-order valence-corrected chi connectivity index (χ3v) is 4.53. The number of hydrogen-bond donors (Lipinski definition) is 1. The fourth-order valence-electron chi connectivity index (χ4n) is 1.67. The van der Waals surface area contributed by atoms with Gasteiger partial charge in [0.15, 0.2) is 0 Å². The summed E-state index contributed by atoms with van der Waals surface area (Å²) in [6.07, 6.45) is 6.15. The summed E-state index contributed by atoms with van der Waals surface area (Å²) < 4.78 is 30.9. The van der Waals surface area contributed by atoms with E-state index in [2.05, 4.69) is 16.0 Å². The Kier molecular flexibility index (Phi) is 7.75. The predicted molar refractivity (Wildman–Crippen MR) is 80.7 cm³/mol. The second-order valence-electron chi connectivity index (χ2n) is 5.42. The van der Waals surface area contributed by atoms with Gasteiger partial charge in [-0.05, 0) is 26.2 Å². The lowest BCUT2D eigenvalue weighted by molar-refractivity contribution is -0.149. The van der Waals surface area contributed by atoms with Crippen LogP contribution in [0.25, 0.3) is 0 Å². The highest BCUT2D eigenvalue weighted by Crippen LogP contribution is 2.19. The number of hydrogen-bond acceptors (Lipinski definition) is 4. The van der Waals surface area contributed by atoms with Gasteiger partial charge < -0.3 is 4.74 Å². The maximum atomic E-state index is 11.9. The van der Waals surface area contributed by atoms with E-state index >= 15 is 0 Å². The summed E-state index contributed by atoms with van der Waals surface area (Å²) in [5.41, 5.74) is -1.06. The van der Waals surface area contributed by atoms with E-state index in [4.69, 9.17) is 0 Å². The number of sulfonamides is 1. The fraction of sp³-hybridized carbons (Fsp3) is 0.643. The van der Waals surface area contributed by atoms with Crippen molar-refractivity contribution in [1.82, 2.24) is 4.72 Å². The summed E-state index contributed by atoms with van der Waals surface area (Å²) in [6.45, 7) is 9.00. The molecule has 0 aliphatic heterocycles. The first-order valence-corrected chi connectivity index (χ1v) is 8.15. The lowest BCUT2D eigenvalue weighted by Gasteiger charge is -2.21. The first-order valence-electron chi connectivity index (χ1n) is 6.49. The van der Waals surface area contributed by atoms with Gasteiger partial charge in [-0.25, -0.2) is 13.1 Å². The predicted octanol–water partition coefficient (Wildman–Crippen LogP) is 1.87. The molecule has 0 rings (SSSR count). The van der Waals surface area contributed by atoms with E-state index < -0.39 is 21.4 Å². The van der Waals surface area contributed by atoms with E-state index in [9.17, 15) is 13.2 Å². The number of methoxy groups -OCH3 is 1. The third-order valence-electron chi connectivity index (χ3n) is 2.79. The molecule has 116 valence electrons. The zero-order valence-corrected chi connectivity index (χ0v) is 13.5. The zero-order chi connectivity index (χ0) is 15.8. The summed E-state index contributed by atoms with van der Waals surface area (Å²) in [5.74, 6) is -0.571. The topological polar surface area (TPSA) is 72.5 Å². The van der Waals surface area contributed by atoms with Gasteiger partial charge in [0.05, 0.1) is 18.3 Å². The summed E-state index contributed by atoms with van der Waals surface area (Å²) in [5, 5.41) is 0. The maximum absolute atomic E-state index is 11.9. The minimum atomic E-state index is -3.51. The van der Waals surface area contributed by atoms with Crippen molar-refractivity contribution in [2.75, 3.05) is 19.4 Å². The highest BCUT2D eigenvalue weighted by molar-refractivity contribution is 7.89. The van der Waals surface area contributed by atoms with Gasteiger partial charge in [-0.15, -0.1) is 0 Å². The van der Waals surface area contributed by atoms with Crippen LogP contribution in [0.1, 0.15) is 27.2 Å². The minimum Gasteiger partial charge on any atom is -0.469 e. The molecule has 1 atom stereocenters. The monoisotopic (exact) mass is 303 g/mol. The first kappa shape index (κ1) is 18.9. The molecule has 0 aromatic carbocycles. The van der Waals surface area contributed by atoms with Crippen molar-refractivity contribution in [3.8, 4) is 0 Å². The SMILES string of the molecule is C=CC=CC(C)CCNS(=O)(=O)CC(C)(C)C(=O)OC. The smallest absolute Gasteiger partial charge is 0.312 e. The molecular formula is C14H25NO4S. The van der Waals surface area contributed by atoms with Crippen LogP contribution in [0.3, 0.4) is 0 Å². The molecule has 1 unspecified atom stereocenters. The first-order chi connectivity index (χ1) is 9.14. The normalized spacial score (nSPS) is 14.2. The Labute approximate surface area is 122 Å². The number of esters is 1. The van der Waals surface area contributed by atoms with Gasteiger partial charge in [0.1, 0.15) is 0 Å². The molecule has 0 spiro atoms. The van der Waals surface area contributed by atoms with Gasteiger partial charge in [-0.3, -0.25) is 4.79 Å². The molecule has 0 saturated heterocycles. The molecule has 0 aromatic rings. The van der Waals surface area contributed by atoms with Gasteiger partial charge in [0.25, 0.3) is 0 Å². The number of nitrogens with one attached hydrogen (secondary N) is 1. The molecule has 0 heterocycles. The summed E-state index contributed by atoms with van der Waals surface area (Å²) in [7, 11) is -2.26. The van der Waals surface area contributed by atoms with Crippen molar-refractivity contribution >= 4 is 16.0 Å². The van der Waals surface area contributed by atoms with Gasteiger partial charge in [0, 0.05) is 6.54 Å². The molecule has 1 N–H and O–H groups in total. The summed E-state index contributed by atoms with van der Waals surface area (Å²) in [6, 6.07) is 0. The lowest BCUT2D eigenvalue weighted by Crippen LogP contribution is -2.39. The quantitative estimate of drug-likeness (QED) is 0.521. The number of rotatable bonds is 9. The van der Waals surface area contributed by atoms with Gasteiger partial charge in [-0.1, -0.05) is 31.7 Å². The van der Waals surface area contributed by atoms with Crippen LogP contribution in [0.15, 0.2) is 24.8 Å². The van der Waals surface area contributed by atoms with Crippen LogP contribution < -0.4 is 4.72 Å². The highest BCUT2D eigenvalue weighted by Gasteiger charge is 2.34. The van der Waals surface area contributed by atoms with E-state index in [1.807, 2.05) is 19.1 Å². The molecule has 5 nitrogen and oxygen atoms in total. The molecule has 0 fully saturated rings. The minimum absolute atomic E-state index is 0.254. The summed E-state index contributed by atoms with van der Waals surface area (Å²) in [4.78, 5) is 11.5. The standard InChI is InChI=1S/C14H25NO4S/c1-6-7-8-12(2)9-10-15-20(17,18)11-14(3,4)13(16)19-5/h6-8,12,15H,1,9-11H2,2-5H3. The number of allylic oxidation sites excluding steroid dienone is 3. The van der Waals surface area contributed by atoms with E-state index in [0.717, 1.165) is 0 Å². The second kappa shape index (κ2) is 8.21. The lowest BCUT2D eigenvalue weighted by atomic mass is 9.97. The third kappa shape index (κ3) is 7.45.